The molecule has 1 amide bonds. The van der Waals surface area contributed by atoms with Crippen molar-refractivity contribution in [1.29, 1.82) is 0 Å². The Kier molecular flexibility index (Phi) is 4.57. The number of carbonyl (C=O) groups is 2. The number of halogens is 2. The van der Waals surface area contributed by atoms with E-state index in [1.54, 1.807) is 18.2 Å². The average Bonchev–Trinajstić information content (AvgIpc) is 2.75. The van der Waals surface area contributed by atoms with Gasteiger partial charge < -0.3 is 10.4 Å². The van der Waals surface area contributed by atoms with Crippen LogP contribution >= 0.6 is 23.2 Å². The Hall–Kier alpha value is -2.82. The number of hydrogen-bond donors (Lipinski definition) is 2. The maximum absolute atomic E-state index is 13.4. The van der Waals surface area contributed by atoms with Crippen LogP contribution in [0.5, 0.6) is 0 Å². The molecule has 3 aliphatic rings. The number of nitrogens with one attached hydrogen (secondary N) is 1. The smallest absolute Gasteiger partial charge is 0.308 e. The van der Waals surface area contributed by atoms with Crippen LogP contribution in [0.1, 0.15) is 34.1 Å². The second-order valence-electron chi connectivity index (χ2n) is 7.72. The summed E-state index contributed by atoms with van der Waals surface area (Å²) in [6.45, 7) is 0. The molecule has 30 heavy (non-hydrogen) atoms. The molecule has 0 aliphatic heterocycles. The van der Waals surface area contributed by atoms with Crippen LogP contribution in [0, 0.1) is 11.8 Å². The lowest BCUT2D eigenvalue weighted by atomic mass is 9.54. The van der Waals surface area contributed by atoms with E-state index in [1.165, 1.54) is 0 Å². The first-order chi connectivity index (χ1) is 14.5. The molecule has 2 atom stereocenters. The van der Waals surface area contributed by atoms with Gasteiger partial charge in [0, 0.05) is 17.5 Å². The number of aliphatic carboxylic acids is 1. The van der Waals surface area contributed by atoms with Crippen LogP contribution in [0.15, 0.2) is 66.7 Å². The van der Waals surface area contributed by atoms with E-state index < -0.39 is 17.8 Å². The van der Waals surface area contributed by atoms with E-state index in [-0.39, 0.29) is 17.7 Å². The molecule has 3 aromatic carbocycles. The van der Waals surface area contributed by atoms with Crippen LogP contribution in [0.4, 0.5) is 5.69 Å². The molecule has 0 saturated carbocycles. The van der Waals surface area contributed by atoms with Crippen LogP contribution in [-0.2, 0) is 9.59 Å². The highest BCUT2D eigenvalue weighted by atomic mass is 35.5. The second kappa shape index (κ2) is 7.15. The quantitative estimate of drug-likeness (QED) is 0.564. The Morgan fingerprint density at radius 1 is 0.733 bits per heavy atom. The minimum atomic E-state index is -0.969. The van der Waals surface area contributed by atoms with Gasteiger partial charge in [0.05, 0.1) is 21.9 Å². The summed E-state index contributed by atoms with van der Waals surface area (Å²) >= 11 is 12.1. The Morgan fingerprint density at radius 2 is 1.23 bits per heavy atom. The highest BCUT2D eigenvalue weighted by molar-refractivity contribution is 6.42. The highest BCUT2D eigenvalue weighted by Crippen LogP contribution is 2.58. The highest BCUT2D eigenvalue weighted by Gasteiger charge is 2.55. The third-order valence-corrected chi connectivity index (χ3v) is 6.95. The number of carbonyl (C=O) groups excluding carboxylic acids is 1. The van der Waals surface area contributed by atoms with Gasteiger partial charge in [-0.15, -0.1) is 0 Å². The van der Waals surface area contributed by atoms with Crippen molar-refractivity contribution < 1.29 is 14.7 Å². The number of anilines is 1. The van der Waals surface area contributed by atoms with Crippen LogP contribution in [0.25, 0.3) is 0 Å². The minimum absolute atomic E-state index is 0.324. The fraction of sp³-hybridized carbons (Fsp3) is 0.167. The number of hydrogen-bond acceptors (Lipinski definition) is 2. The standard InChI is InChI=1S/C24H17Cl2NO3/c25-17-10-9-12(11-18(17)26)27-23(28)21-19-13-5-1-3-7-15(13)20(22(21)24(29)30)16-8-4-2-6-14(16)19/h1-11,19-22H,(H,27,28)(H,29,30)/t19?,20?,21-,22+/m0/s1. The van der Waals surface area contributed by atoms with E-state index in [1.807, 2.05) is 48.5 Å². The lowest BCUT2D eigenvalue weighted by molar-refractivity contribution is -0.148. The SMILES string of the molecule is O=C(O)[C@@H]1C2c3ccccc3C(c3ccccc32)[C@@H]1C(=O)Nc1ccc(Cl)c(Cl)c1. The minimum Gasteiger partial charge on any atom is -0.481 e. The largest absolute Gasteiger partial charge is 0.481 e. The Balaban J connectivity index is 1.63. The van der Waals surface area contributed by atoms with Crippen molar-refractivity contribution in [1.82, 2.24) is 0 Å². The van der Waals surface area contributed by atoms with Crippen molar-refractivity contribution in [3.8, 4) is 0 Å². The number of benzene rings is 3. The van der Waals surface area contributed by atoms with E-state index in [4.69, 9.17) is 23.2 Å². The maximum atomic E-state index is 13.4. The van der Waals surface area contributed by atoms with Gasteiger partial charge in [-0.3, -0.25) is 9.59 Å². The van der Waals surface area contributed by atoms with Crippen LogP contribution in [-0.4, -0.2) is 17.0 Å². The Labute approximate surface area is 183 Å². The summed E-state index contributed by atoms with van der Waals surface area (Å²) in [7, 11) is 0. The Bertz CT molecular complexity index is 1150. The molecule has 0 unspecified atom stereocenters. The van der Waals surface area contributed by atoms with Gasteiger partial charge in [0.1, 0.15) is 0 Å². The topological polar surface area (TPSA) is 66.4 Å². The summed E-state index contributed by atoms with van der Waals surface area (Å²) in [5.41, 5.74) is 4.52. The van der Waals surface area contributed by atoms with Gasteiger partial charge >= 0.3 is 5.97 Å². The van der Waals surface area contributed by atoms with Gasteiger partial charge in [0.2, 0.25) is 5.91 Å². The first-order valence-corrected chi connectivity index (χ1v) is 10.4. The third-order valence-electron chi connectivity index (χ3n) is 6.21. The van der Waals surface area contributed by atoms with Crippen LogP contribution in [0.3, 0.4) is 0 Å². The van der Waals surface area contributed by atoms with Crippen molar-refractivity contribution >= 4 is 40.8 Å². The molecular weight excluding hydrogens is 421 g/mol. The zero-order valence-corrected chi connectivity index (χ0v) is 17.2. The zero-order chi connectivity index (χ0) is 21.0. The molecule has 6 heteroatoms. The molecule has 0 fully saturated rings. The van der Waals surface area contributed by atoms with Gasteiger partial charge in [-0.1, -0.05) is 71.7 Å². The van der Waals surface area contributed by atoms with Crippen molar-refractivity contribution in [2.24, 2.45) is 11.8 Å². The fourth-order valence-electron chi connectivity index (χ4n) is 5.09. The van der Waals surface area contributed by atoms with Gasteiger partial charge in [0.25, 0.3) is 0 Å². The predicted molar refractivity (Wildman–Crippen MR) is 116 cm³/mol. The molecule has 0 radical (unpaired) electrons. The lowest BCUT2D eigenvalue weighted by Crippen LogP contribution is -2.48. The van der Waals surface area contributed by atoms with Gasteiger partial charge in [-0.05, 0) is 40.5 Å². The molecule has 0 saturated heterocycles. The monoisotopic (exact) mass is 437 g/mol. The van der Waals surface area contributed by atoms with Gasteiger partial charge in [-0.25, -0.2) is 0 Å². The molecule has 2 bridgehead atoms. The molecule has 0 aromatic heterocycles. The van der Waals surface area contributed by atoms with Gasteiger partial charge in [-0.2, -0.15) is 0 Å². The molecule has 150 valence electrons. The third kappa shape index (κ3) is 2.83. The van der Waals surface area contributed by atoms with Crippen molar-refractivity contribution in [3.05, 3.63) is 99.0 Å². The molecule has 6 rings (SSSR count). The normalized spacial score (nSPS) is 23.4. The number of fused-ring (bicyclic) bond motifs is 1. The van der Waals surface area contributed by atoms with Crippen molar-refractivity contribution in [3.63, 3.8) is 0 Å². The van der Waals surface area contributed by atoms with Crippen LogP contribution < -0.4 is 5.32 Å². The maximum Gasteiger partial charge on any atom is 0.308 e. The molecule has 3 aliphatic carbocycles. The molecule has 3 aromatic rings. The summed E-state index contributed by atoms with van der Waals surface area (Å²) < 4.78 is 0. The van der Waals surface area contributed by atoms with E-state index in [0.29, 0.717) is 15.7 Å². The Morgan fingerprint density at radius 3 is 1.70 bits per heavy atom. The summed E-state index contributed by atoms with van der Waals surface area (Å²) in [6.07, 6.45) is 0. The molecule has 4 nitrogen and oxygen atoms in total. The summed E-state index contributed by atoms with van der Waals surface area (Å²) in [5.74, 6) is -3.60. The first-order valence-electron chi connectivity index (χ1n) is 9.63. The molecule has 2 N–H and O–H groups in total. The number of carboxylic acids is 1. The number of rotatable bonds is 3. The number of amides is 1. The van der Waals surface area contributed by atoms with Crippen molar-refractivity contribution in [2.45, 2.75) is 11.8 Å². The van der Waals surface area contributed by atoms with Crippen LogP contribution in [0.2, 0.25) is 10.0 Å². The summed E-state index contributed by atoms with van der Waals surface area (Å²) in [4.78, 5) is 25.8. The average molecular weight is 438 g/mol. The van der Waals surface area contributed by atoms with E-state index >= 15 is 0 Å². The van der Waals surface area contributed by atoms with E-state index in [0.717, 1.165) is 22.3 Å². The summed E-state index contributed by atoms with van der Waals surface area (Å²) in [5, 5.41) is 13.7. The number of carboxylic acid groups (broad SMARTS) is 1. The first kappa shape index (κ1) is 19.2. The van der Waals surface area contributed by atoms with E-state index in [2.05, 4.69) is 5.32 Å². The van der Waals surface area contributed by atoms with E-state index in [9.17, 15) is 14.7 Å². The van der Waals surface area contributed by atoms with Gasteiger partial charge in [0.15, 0.2) is 0 Å². The molecule has 0 spiro atoms. The molecular formula is C24H17Cl2NO3. The predicted octanol–water partition coefficient (Wildman–Crippen LogP) is 5.54. The molecule has 0 heterocycles. The zero-order valence-electron chi connectivity index (χ0n) is 15.7. The van der Waals surface area contributed by atoms with Crippen molar-refractivity contribution in [2.75, 3.05) is 5.32 Å². The summed E-state index contributed by atoms with van der Waals surface area (Å²) in [6, 6.07) is 20.5. The fourth-order valence-corrected chi connectivity index (χ4v) is 5.39. The second-order valence-corrected chi connectivity index (χ2v) is 8.54. The lowest BCUT2D eigenvalue weighted by Gasteiger charge is -2.48.